The molecule has 0 saturated heterocycles. The van der Waals surface area contributed by atoms with Crippen molar-refractivity contribution >= 4 is 21.6 Å². The lowest BCUT2D eigenvalue weighted by molar-refractivity contribution is -0.117. The van der Waals surface area contributed by atoms with Gasteiger partial charge in [-0.25, -0.2) is 13.1 Å². The van der Waals surface area contributed by atoms with Crippen LogP contribution in [0.3, 0.4) is 0 Å². The topological polar surface area (TPSA) is 101 Å². The largest absolute Gasteiger partial charge is 0.324 e. The second-order valence-corrected chi connectivity index (χ2v) is 5.85. The lowest BCUT2D eigenvalue weighted by Crippen LogP contribution is -2.32. The van der Waals surface area contributed by atoms with Crippen LogP contribution in [0.4, 0.5) is 5.69 Å². The summed E-state index contributed by atoms with van der Waals surface area (Å²) in [6.07, 6.45) is 0. The van der Waals surface area contributed by atoms with Gasteiger partial charge in [-0.2, -0.15) is 0 Å². The number of aryl methyl sites for hydroxylation is 1. The highest BCUT2D eigenvalue weighted by Gasteiger charge is 2.15. The Hall–Kier alpha value is -1.44. The number of carbonyl (C=O) groups excluding carboxylic acids is 1. The highest BCUT2D eigenvalue weighted by Crippen LogP contribution is 2.20. The molecule has 0 aliphatic heterocycles. The monoisotopic (exact) mass is 271 g/mol. The standard InChI is InChI=1S/C11H17N3O3S/c1-7-4-5-9(18(16,17)13-3)6-10(7)14-11(15)8(2)12/h4-6,8,13H,12H2,1-3H3,(H,14,15)/t8-/m0/s1. The van der Waals surface area contributed by atoms with E-state index in [4.69, 9.17) is 5.73 Å². The normalized spacial score (nSPS) is 13.1. The Morgan fingerprint density at radius 2 is 2.00 bits per heavy atom. The van der Waals surface area contributed by atoms with Crippen LogP contribution in [0.2, 0.25) is 0 Å². The number of nitrogens with one attached hydrogen (secondary N) is 2. The van der Waals surface area contributed by atoms with Crippen molar-refractivity contribution < 1.29 is 13.2 Å². The summed E-state index contributed by atoms with van der Waals surface area (Å²) in [6, 6.07) is 3.85. The van der Waals surface area contributed by atoms with Crippen LogP contribution >= 0.6 is 0 Å². The van der Waals surface area contributed by atoms with Crippen LogP contribution in [0.25, 0.3) is 0 Å². The molecule has 7 heteroatoms. The second-order valence-electron chi connectivity index (χ2n) is 3.96. The molecule has 1 atom stereocenters. The summed E-state index contributed by atoms with van der Waals surface area (Å²) in [5.41, 5.74) is 6.64. The summed E-state index contributed by atoms with van der Waals surface area (Å²) in [7, 11) is -2.20. The second kappa shape index (κ2) is 5.47. The maximum atomic E-state index is 11.6. The van der Waals surface area contributed by atoms with E-state index in [1.807, 2.05) is 0 Å². The van der Waals surface area contributed by atoms with Gasteiger partial charge in [0.1, 0.15) is 0 Å². The number of hydrogen-bond acceptors (Lipinski definition) is 4. The first-order valence-corrected chi connectivity index (χ1v) is 6.87. The first kappa shape index (κ1) is 14.6. The number of benzene rings is 1. The molecular formula is C11H17N3O3S. The molecule has 18 heavy (non-hydrogen) atoms. The number of rotatable bonds is 4. The molecule has 0 aliphatic carbocycles. The number of hydrogen-bond donors (Lipinski definition) is 3. The zero-order chi connectivity index (χ0) is 13.9. The quantitative estimate of drug-likeness (QED) is 0.727. The number of sulfonamides is 1. The van der Waals surface area contributed by atoms with Gasteiger partial charge >= 0.3 is 0 Å². The molecule has 4 N–H and O–H groups in total. The summed E-state index contributed by atoms with van der Waals surface area (Å²) >= 11 is 0. The molecule has 0 radical (unpaired) electrons. The minimum absolute atomic E-state index is 0.0931. The molecule has 0 bridgehead atoms. The Bertz CT molecular complexity index is 553. The fourth-order valence-corrected chi connectivity index (χ4v) is 2.02. The van der Waals surface area contributed by atoms with Gasteiger partial charge in [0.25, 0.3) is 0 Å². The van der Waals surface area contributed by atoms with Crippen LogP contribution in [0.15, 0.2) is 23.1 Å². The highest BCUT2D eigenvalue weighted by molar-refractivity contribution is 7.89. The number of anilines is 1. The third kappa shape index (κ3) is 3.28. The van der Waals surface area contributed by atoms with E-state index in [2.05, 4.69) is 10.0 Å². The first-order chi connectivity index (χ1) is 8.27. The molecule has 1 aromatic rings. The summed E-state index contributed by atoms with van der Waals surface area (Å²) in [6.45, 7) is 3.32. The Morgan fingerprint density at radius 3 is 2.50 bits per heavy atom. The summed E-state index contributed by atoms with van der Waals surface area (Å²) < 4.78 is 25.5. The van der Waals surface area contributed by atoms with Gasteiger partial charge in [0.05, 0.1) is 10.9 Å². The maximum Gasteiger partial charge on any atom is 0.241 e. The van der Waals surface area contributed by atoms with E-state index >= 15 is 0 Å². The van der Waals surface area contributed by atoms with Gasteiger partial charge in [-0.15, -0.1) is 0 Å². The average Bonchev–Trinajstić information content (AvgIpc) is 2.31. The maximum absolute atomic E-state index is 11.6. The highest BCUT2D eigenvalue weighted by atomic mass is 32.2. The van der Waals surface area contributed by atoms with Crippen molar-refractivity contribution in [2.24, 2.45) is 5.73 Å². The van der Waals surface area contributed by atoms with E-state index in [-0.39, 0.29) is 10.8 Å². The van der Waals surface area contributed by atoms with Gasteiger partial charge < -0.3 is 11.1 Å². The van der Waals surface area contributed by atoms with E-state index in [1.54, 1.807) is 19.9 Å². The summed E-state index contributed by atoms with van der Waals surface area (Å²) in [5, 5.41) is 2.59. The molecule has 1 amide bonds. The molecular weight excluding hydrogens is 254 g/mol. The van der Waals surface area contributed by atoms with Crippen molar-refractivity contribution in [3.63, 3.8) is 0 Å². The third-order valence-corrected chi connectivity index (χ3v) is 3.87. The third-order valence-electron chi connectivity index (χ3n) is 2.46. The summed E-state index contributed by atoms with van der Waals surface area (Å²) in [4.78, 5) is 11.6. The van der Waals surface area contributed by atoms with E-state index in [0.29, 0.717) is 5.69 Å². The SMILES string of the molecule is CNS(=O)(=O)c1ccc(C)c(NC(=O)[C@H](C)N)c1. The molecule has 1 rings (SSSR count). The Morgan fingerprint density at radius 1 is 1.39 bits per heavy atom. The van der Waals surface area contributed by atoms with Gasteiger partial charge in [-0.05, 0) is 38.6 Å². The number of nitrogens with two attached hydrogens (primary N) is 1. The minimum atomic E-state index is -3.53. The van der Waals surface area contributed by atoms with Crippen LogP contribution in [-0.2, 0) is 14.8 Å². The van der Waals surface area contributed by atoms with Gasteiger partial charge in [-0.1, -0.05) is 6.07 Å². The number of amides is 1. The Kier molecular flexibility index (Phi) is 4.44. The smallest absolute Gasteiger partial charge is 0.241 e. The molecule has 0 heterocycles. The number of carbonyl (C=O) groups is 1. The average molecular weight is 271 g/mol. The van der Waals surface area contributed by atoms with Gasteiger partial charge in [0.2, 0.25) is 15.9 Å². The summed E-state index contributed by atoms with van der Waals surface area (Å²) in [5.74, 6) is -0.364. The zero-order valence-corrected chi connectivity index (χ0v) is 11.3. The molecule has 0 saturated carbocycles. The first-order valence-electron chi connectivity index (χ1n) is 5.38. The van der Waals surface area contributed by atoms with Crippen LogP contribution < -0.4 is 15.8 Å². The van der Waals surface area contributed by atoms with Gasteiger partial charge in [0, 0.05) is 5.69 Å². The molecule has 0 spiro atoms. The van der Waals surface area contributed by atoms with E-state index in [9.17, 15) is 13.2 Å². The molecule has 1 aromatic carbocycles. The lowest BCUT2D eigenvalue weighted by Gasteiger charge is -2.12. The van der Waals surface area contributed by atoms with Crippen molar-refractivity contribution in [2.45, 2.75) is 24.8 Å². The molecule has 0 fully saturated rings. The van der Waals surface area contributed by atoms with Crippen molar-refractivity contribution in [1.82, 2.24) is 4.72 Å². The van der Waals surface area contributed by atoms with Gasteiger partial charge in [0.15, 0.2) is 0 Å². The molecule has 0 aliphatic rings. The van der Waals surface area contributed by atoms with Crippen LogP contribution in [0, 0.1) is 6.92 Å². The molecule has 0 aromatic heterocycles. The van der Waals surface area contributed by atoms with Crippen LogP contribution in [0.5, 0.6) is 0 Å². The van der Waals surface area contributed by atoms with Crippen LogP contribution in [-0.4, -0.2) is 27.4 Å². The fourth-order valence-electron chi connectivity index (χ4n) is 1.27. The van der Waals surface area contributed by atoms with Crippen molar-refractivity contribution in [3.8, 4) is 0 Å². The van der Waals surface area contributed by atoms with Gasteiger partial charge in [-0.3, -0.25) is 4.79 Å². The van der Waals surface area contributed by atoms with E-state index in [1.165, 1.54) is 19.2 Å². The van der Waals surface area contributed by atoms with Crippen molar-refractivity contribution in [1.29, 1.82) is 0 Å². The van der Waals surface area contributed by atoms with Crippen molar-refractivity contribution in [2.75, 3.05) is 12.4 Å². The fraction of sp³-hybridized carbons (Fsp3) is 0.364. The molecule has 0 unspecified atom stereocenters. The lowest BCUT2D eigenvalue weighted by atomic mass is 10.2. The van der Waals surface area contributed by atoms with Crippen LogP contribution in [0.1, 0.15) is 12.5 Å². The van der Waals surface area contributed by atoms with E-state index < -0.39 is 16.1 Å². The zero-order valence-electron chi connectivity index (χ0n) is 10.5. The molecule has 100 valence electrons. The van der Waals surface area contributed by atoms with E-state index in [0.717, 1.165) is 5.56 Å². The predicted octanol–water partition coefficient (Wildman–Crippen LogP) is 0.189. The predicted molar refractivity (Wildman–Crippen MR) is 69.7 cm³/mol. The Labute approximate surface area is 107 Å². The van der Waals surface area contributed by atoms with Crippen molar-refractivity contribution in [3.05, 3.63) is 23.8 Å². The molecule has 6 nitrogen and oxygen atoms in total. The minimum Gasteiger partial charge on any atom is -0.324 e. The Balaban J connectivity index is 3.14.